The lowest BCUT2D eigenvalue weighted by Crippen LogP contribution is -2.27. The van der Waals surface area contributed by atoms with Crippen LogP contribution in [0.5, 0.6) is 0 Å². The molecule has 9 heteroatoms. The molecule has 0 fully saturated rings. The van der Waals surface area contributed by atoms with Crippen molar-refractivity contribution >= 4 is 34.9 Å². The number of nitrogens with zero attached hydrogens (tertiary/aromatic N) is 2. The monoisotopic (exact) mass is 366 g/mol. The van der Waals surface area contributed by atoms with E-state index in [0.717, 1.165) is 24.6 Å². The van der Waals surface area contributed by atoms with Crippen molar-refractivity contribution in [2.24, 2.45) is 0 Å². The Bertz CT molecular complexity index is 603. The lowest BCUT2D eigenvalue weighted by Gasteiger charge is -2.26. The second kappa shape index (κ2) is 7.21. The summed E-state index contributed by atoms with van der Waals surface area (Å²) in [6, 6.07) is 0.700. The third-order valence-electron chi connectivity index (χ3n) is 3.40. The van der Waals surface area contributed by atoms with E-state index in [-0.39, 0.29) is 4.90 Å². The molecule has 0 spiro atoms. The van der Waals surface area contributed by atoms with Crippen LogP contribution < -0.4 is 4.90 Å². The molecule has 4 nitrogen and oxygen atoms in total. The summed E-state index contributed by atoms with van der Waals surface area (Å²) >= 11 is 2.36. The predicted molar refractivity (Wildman–Crippen MR) is 87.5 cm³/mol. The quantitative estimate of drug-likeness (QED) is 0.499. The summed E-state index contributed by atoms with van der Waals surface area (Å²) in [7, 11) is 0. The zero-order valence-electron chi connectivity index (χ0n) is 12.8. The van der Waals surface area contributed by atoms with Crippen molar-refractivity contribution in [1.82, 2.24) is 0 Å². The zero-order valence-corrected chi connectivity index (χ0v) is 14.4. The Morgan fingerprint density at radius 1 is 1.22 bits per heavy atom. The van der Waals surface area contributed by atoms with Crippen LogP contribution in [0.15, 0.2) is 15.9 Å². The van der Waals surface area contributed by atoms with Gasteiger partial charge in [0.05, 0.1) is 15.4 Å². The second-order valence-electron chi connectivity index (χ2n) is 5.10. The second-order valence-corrected chi connectivity index (χ2v) is 7.44. The van der Waals surface area contributed by atoms with Crippen molar-refractivity contribution in [3.63, 3.8) is 0 Å². The molecule has 0 saturated carbocycles. The van der Waals surface area contributed by atoms with Crippen LogP contribution in [0.3, 0.4) is 0 Å². The van der Waals surface area contributed by atoms with Crippen LogP contribution >= 0.6 is 23.5 Å². The molecule has 1 heterocycles. The van der Waals surface area contributed by atoms with E-state index in [1.165, 1.54) is 11.8 Å². The number of thioether (sulfide) groups is 2. The lowest BCUT2D eigenvalue weighted by molar-refractivity contribution is -0.384. The van der Waals surface area contributed by atoms with Gasteiger partial charge in [-0.05, 0) is 12.8 Å². The van der Waals surface area contributed by atoms with Crippen LogP contribution in [-0.4, -0.2) is 23.1 Å². The van der Waals surface area contributed by atoms with E-state index in [1.54, 1.807) is 0 Å². The van der Waals surface area contributed by atoms with Gasteiger partial charge in [-0.3, -0.25) is 10.1 Å². The third kappa shape index (κ3) is 3.71. The molecule has 0 N–H and O–H groups in total. The van der Waals surface area contributed by atoms with Crippen molar-refractivity contribution in [2.45, 2.75) is 42.7 Å². The molecule has 0 aliphatic carbocycles. The molecule has 0 bridgehead atoms. The Labute approximate surface area is 141 Å². The molecular formula is C14H17F3N2O2S2. The fourth-order valence-corrected chi connectivity index (χ4v) is 5.27. The maximum atomic E-state index is 13.3. The molecule has 2 rings (SSSR count). The summed E-state index contributed by atoms with van der Waals surface area (Å²) in [4.78, 5) is 13.1. The highest BCUT2D eigenvalue weighted by atomic mass is 32.2. The highest BCUT2D eigenvalue weighted by Gasteiger charge is 2.41. The van der Waals surface area contributed by atoms with Crippen molar-refractivity contribution in [3.05, 3.63) is 21.7 Å². The standard InChI is InChI=1S/C14H17F3N2O2S2/c1-3-5-18(6-4-2)11-10(19(20)21)7-9(14(15,16)17)12-13(11)23-8-22-12/h7H,3-6,8H2,1-2H3. The number of alkyl halides is 3. The zero-order chi connectivity index (χ0) is 17.2. The molecule has 0 amide bonds. The van der Waals surface area contributed by atoms with E-state index >= 15 is 0 Å². The average Bonchev–Trinajstić information content (AvgIpc) is 2.93. The molecule has 128 valence electrons. The third-order valence-corrected chi connectivity index (χ3v) is 5.87. The van der Waals surface area contributed by atoms with E-state index in [1.807, 2.05) is 18.7 Å². The summed E-state index contributed by atoms with van der Waals surface area (Å²) in [6.07, 6.45) is -3.05. The van der Waals surface area contributed by atoms with Gasteiger partial charge in [0.25, 0.3) is 5.69 Å². The number of nitro groups is 1. The van der Waals surface area contributed by atoms with Gasteiger partial charge in [0.1, 0.15) is 5.69 Å². The Hall–Kier alpha value is -1.09. The van der Waals surface area contributed by atoms with E-state index in [4.69, 9.17) is 0 Å². The normalized spacial score (nSPS) is 14.0. The van der Waals surface area contributed by atoms with E-state index in [9.17, 15) is 23.3 Å². The van der Waals surface area contributed by atoms with Crippen LogP contribution in [0.2, 0.25) is 0 Å². The molecule has 0 radical (unpaired) electrons. The first kappa shape index (κ1) is 18.3. The van der Waals surface area contributed by atoms with Crippen LogP contribution in [0, 0.1) is 10.1 Å². The molecule has 0 unspecified atom stereocenters. The van der Waals surface area contributed by atoms with Crippen molar-refractivity contribution in [1.29, 1.82) is 0 Å². The van der Waals surface area contributed by atoms with Crippen molar-refractivity contribution in [3.8, 4) is 0 Å². The van der Waals surface area contributed by atoms with Gasteiger partial charge in [-0.15, -0.1) is 23.5 Å². The SMILES string of the molecule is CCCN(CCC)c1c([N+](=O)[O-])cc(C(F)(F)F)c2c1SCS2. The molecule has 0 saturated heterocycles. The molecule has 1 aromatic rings. The first-order valence-electron chi connectivity index (χ1n) is 7.24. The van der Waals surface area contributed by atoms with Crippen LogP contribution in [0.1, 0.15) is 32.3 Å². The lowest BCUT2D eigenvalue weighted by atomic mass is 10.1. The molecule has 0 aromatic heterocycles. The first-order chi connectivity index (χ1) is 10.8. The minimum atomic E-state index is -4.59. The number of hydrogen-bond donors (Lipinski definition) is 0. The number of rotatable bonds is 6. The number of benzene rings is 1. The Kier molecular flexibility index (Phi) is 5.72. The molecular weight excluding hydrogens is 349 g/mol. The summed E-state index contributed by atoms with van der Waals surface area (Å²) in [5.41, 5.74) is -1.00. The van der Waals surface area contributed by atoms with Crippen LogP contribution in [0.25, 0.3) is 0 Å². The van der Waals surface area contributed by atoms with Gasteiger partial charge in [0.15, 0.2) is 0 Å². The highest BCUT2D eigenvalue weighted by Crippen LogP contribution is 2.55. The van der Waals surface area contributed by atoms with Gasteiger partial charge < -0.3 is 4.90 Å². The molecule has 1 aliphatic rings. The minimum Gasteiger partial charge on any atom is -0.365 e. The minimum absolute atomic E-state index is 0.125. The summed E-state index contributed by atoms with van der Waals surface area (Å²) in [5, 5.41) is 11.9. The average molecular weight is 366 g/mol. The van der Waals surface area contributed by atoms with Crippen LogP contribution in [0.4, 0.5) is 24.5 Å². The topological polar surface area (TPSA) is 46.4 Å². The first-order valence-corrected chi connectivity index (χ1v) is 9.21. The van der Waals surface area contributed by atoms with Gasteiger partial charge in [0.2, 0.25) is 0 Å². The fraction of sp³-hybridized carbons (Fsp3) is 0.571. The van der Waals surface area contributed by atoms with Crippen molar-refractivity contribution < 1.29 is 18.1 Å². The molecule has 1 aliphatic heterocycles. The van der Waals surface area contributed by atoms with Gasteiger partial charge in [0, 0.05) is 29.1 Å². The Balaban J connectivity index is 2.70. The Morgan fingerprint density at radius 2 is 1.78 bits per heavy atom. The summed E-state index contributed by atoms with van der Waals surface area (Å²) < 4.78 is 39.8. The molecule has 0 atom stereocenters. The maximum Gasteiger partial charge on any atom is 0.417 e. The number of anilines is 1. The number of fused-ring (bicyclic) bond motifs is 1. The Morgan fingerprint density at radius 3 is 2.26 bits per heavy atom. The summed E-state index contributed by atoms with van der Waals surface area (Å²) in [6.45, 7) is 5.05. The largest absolute Gasteiger partial charge is 0.417 e. The van der Waals surface area contributed by atoms with Crippen molar-refractivity contribution in [2.75, 3.05) is 23.1 Å². The molecule has 1 aromatic carbocycles. The van der Waals surface area contributed by atoms with E-state index in [2.05, 4.69) is 0 Å². The number of halogens is 3. The van der Waals surface area contributed by atoms with Gasteiger partial charge in [-0.2, -0.15) is 13.2 Å². The van der Waals surface area contributed by atoms with E-state index in [0.29, 0.717) is 34.8 Å². The van der Waals surface area contributed by atoms with Gasteiger partial charge in [-0.25, -0.2) is 0 Å². The smallest absolute Gasteiger partial charge is 0.365 e. The van der Waals surface area contributed by atoms with Gasteiger partial charge in [-0.1, -0.05) is 13.8 Å². The summed E-state index contributed by atoms with van der Waals surface area (Å²) in [5.74, 6) is 0. The fourth-order valence-electron chi connectivity index (χ4n) is 2.57. The number of nitro benzene ring substituents is 1. The predicted octanol–water partition coefficient (Wildman–Crippen LogP) is 5.40. The maximum absolute atomic E-state index is 13.3. The van der Waals surface area contributed by atoms with E-state index < -0.39 is 22.4 Å². The molecule has 23 heavy (non-hydrogen) atoms. The highest BCUT2D eigenvalue weighted by molar-refractivity contribution is 8.18. The van der Waals surface area contributed by atoms with Gasteiger partial charge >= 0.3 is 6.18 Å². The van der Waals surface area contributed by atoms with Crippen LogP contribution in [-0.2, 0) is 6.18 Å². The number of hydrogen-bond acceptors (Lipinski definition) is 5.